The summed E-state index contributed by atoms with van der Waals surface area (Å²) < 4.78 is 3.48. The number of nitrogens with one attached hydrogen (secondary N) is 3. The van der Waals surface area contributed by atoms with E-state index in [0.717, 1.165) is 42.6 Å². The third kappa shape index (κ3) is 5.01. The molecule has 5 rings (SSSR count). The van der Waals surface area contributed by atoms with Gasteiger partial charge in [-0.25, -0.2) is 0 Å². The molecule has 1 unspecified atom stereocenters. The highest BCUT2D eigenvalue weighted by molar-refractivity contribution is 6.00. The fourth-order valence-electron chi connectivity index (χ4n) is 5.05. The Morgan fingerprint density at radius 2 is 1.86 bits per heavy atom. The van der Waals surface area contributed by atoms with Crippen molar-refractivity contribution in [2.45, 2.75) is 72.0 Å². The van der Waals surface area contributed by atoms with Gasteiger partial charge < -0.3 is 10.6 Å². The van der Waals surface area contributed by atoms with Gasteiger partial charge in [-0.3, -0.25) is 24.1 Å². The molecule has 186 valence electrons. The number of rotatable bonds is 10. The molecule has 3 aromatic heterocycles. The Kier molecular flexibility index (Phi) is 6.21. The van der Waals surface area contributed by atoms with Gasteiger partial charge in [-0.2, -0.15) is 15.3 Å². The molecule has 1 atom stereocenters. The van der Waals surface area contributed by atoms with Crippen LogP contribution in [0.4, 0.5) is 5.69 Å². The van der Waals surface area contributed by atoms with Gasteiger partial charge in [-0.05, 0) is 77.2 Å². The maximum absolute atomic E-state index is 13.6. The van der Waals surface area contributed by atoms with Gasteiger partial charge in [-0.1, -0.05) is 0 Å². The number of hydrogen-bond donors (Lipinski definition) is 3. The smallest absolute Gasteiger partial charge is 0.270 e. The van der Waals surface area contributed by atoms with Crippen molar-refractivity contribution in [3.63, 3.8) is 0 Å². The lowest BCUT2D eigenvalue weighted by molar-refractivity contribution is -0.119. The Hall–Kier alpha value is -3.43. The van der Waals surface area contributed by atoms with Crippen molar-refractivity contribution in [3.8, 4) is 0 Å². The van der Waals surface area contributed by atoms with Crippen LogP contribution in [0.2, 0.25) is 0 Å². The maximum Gasteiger partial charge on any atom is 0.270 e. The Labute approximate surface area is 204 Å². The van der Waals surface area contributed by atoms with Gasteiger partial charge in [0, 0.05) is 29.7 Å². The number of hydrogen-bond acceptors (Lipinski definition) is 5. The zero-order valence-corrected chi connectivity index (χ0v) is 20.8. The van der Waals surface area contributed by atoms with E-state index in [4.69, 9.17) is 0 Å². The second-order valence-electron chi connectivity index (χ2n) is 10.3. The topological polar surface area (TPSA) is 123 Å². The number of amides is 2. The lowest BCUT2D eigenvalue weighted by Crippen LogP contribution is -2.50. The molecular weight excluding hydrogens is 444 g/mol. The molecule has 2 fully saturated rings. The van der Waals surface area contributed by atoms with Gasteiger partial charge in [0.1, 0.15) is 11.7 Å². The minimum Gasteiger partial charge on any atom is -0.339 e. The van der Waals surface area contributed by atoms with E-state index in [-0.39, 0.29) is 23.8 Å². The summed E-state index contributed by atoms with van der Waals surface area (Å²) in [5.41, 5.74) is 4.11. The van der Waals surface area contributed by atoms with E-state index in [2.05, 4.69) is 31.0 Å². The minimum atomic E-state index is -0.597. The first-order valence-corrected chi connectivity index (χ1v) is 12.5. The van der Waals surface area contributed by atoms with E-state index in [1.165, 1.54) is 0 Å². The van der Waals surface area contributed by atoms with Crippen molar-refractivity contribution < 1.29 is 9.59 Å². The normalized spacial score (nSPS) is 16.6. The van der Waals surface area contributed by atoms with E-state index in [1.54, 1.807) is 27.8 Å². The molecule has 10 nitrogen and oxygen atoms in total. The van der Waals surface area contributed by atoms with Gasteiger partial charge >= 0.3 is 0 Å². The van der Waals surface area contributed by atoms with Crippen molar-refractivity contribution in [2.75, 3.05) is 5.32 Å². The molecule has 0 bridgehead atoms. The minimum absolute atomic E-state index is 0.0500. The van der Waals surface area contributed by atoms with Crippen LogP contribution >= 0.6 is 0 Å². The van der Waals surface area contributed by atoms with Crippen LogP contribution in [-0.4, -0.2) is 47.6 Å². The molecule has 2 aliphatic rings. The average molecular weight is 479 g/mol. The lowest BCUT2D eigenvalue weighted by atomic mass is 9.88. The molecule has 3 heterocycles. The predicted molar refractivity (Wildman–Crippen MR) is 131 cm³/mol. The summed E-state index contributed by atoms with van der Waals surface area (Å²) in [6, 6.07) is 1.16. The molecule has 2 saturated carbocycles. The van der Waals surface area contributed by atoms with Gasteiger partial charge in [0.15, 0.2) is 0 Å². The largest absolute Gasteiger partial charge is 0.339 e. The molecule has 10 heteroatoms. The quantitative estimate of drug-likeness (QED) is 0.413. The van der Waals surface area contributed by atoms with Crippen LogP contribution < -0.4 is 10.6 Å². The van der Waals surface area contributed by atoms with E-state index in [9.17, 15) is 9.59 Å². The average Bonchev–Trinajstić information content (AvgIpc) is 3.72. The summed E-state index contributed by atoms with van der Waals surface area (Å²) >= 11 is 0. The highest BCUT2D eigenvalue weighted by atomic mass is 16.2. The number of anilines is 1. The summed E-state index contributed by atoms with van der Waals surface area (Å²) in [7, 11) is 0. The summed E-state index contributed by atoms with van der Waals surface area (Å²) in [6.07, 6.45) is 9.57. The molecule has 0 aromatic carbocycles. The molecule has 35 heavy (non-hydrogen) atoms. The standard InChI is InChI=1S/C25H34N8O2/c1-14(2)33-21(9-10-26-33)24(34)29-23(22(17-5-6-17)18-7-8-18)25(35)28-19-11-27-32(12-19)13-20-15(3)30-31-16(20)4/h9-12,14,17-18,22-23H,5-8,13H2,1-4H3,(H,28,35)(H,29,34)(H,30,31). The number of carbonyl (C=O) groups excluding carboxylic acids is 2. The van der Waals surface area contributed by atoms with E-state index >= 15 is 0 Å². The van der Waals surface area contributed by atoms with Crippen molar-refractivity contribution in [3.05, 3.63) is 47.3 Å². The fraction of sp³-hybridized carbons (Fsp3) is 0.560. The third-order valence-electron chi connectivity index (χ3n) is 7.18. The molecular formula is C25H34N8O2. The Balaban J connectivity index is 1.33. The van der Waals surface area contributed by atoms with Gasteiger partial charge in [0.25, 0.3) is 5.91 Å². The predicted octanol–water partition coefficient (Wildman–Crippen LogP) is 3.22. The Morgan fingerprint density at radius 3 is 2.46 bits per heavy atom. The molecule has 3 aromatic rings. The van der Waals surface area contributed by atoms with Crippen molar-refractivity contribution in [2.24, 2.45) is 17.8 Å². The number of aromatic nitrogens is 6. The first-order valence-electron chi connectivity index (χ1n) is 12.5. The first kappa shape index (κ1) is 23.3. The van der Waals surface area contributed by atoms with Crippen molar-refractivity contribution in [1.82, 2.24) is 35.1 Å². The van der Waals surface area contributed by atoms with E-state index < -0.39 is 6.04 Å². The number of nitrogens with zero attached hydrogens (tertiary/aromatic N) is 5. The van der Waals surface area contributed by atoms with Crippen LogP contribution in [0.25, 0.3) is 0 Å². The first-order chi connectivity index (χ1) is 16.8. The fourth-order valence-corrected chi connectivity index (χ4v) is 5.05. The third-order valence-corrected chi connectivity index (χ3v) is 7.18. The Morgan fingerprint density at radius 1 is 1.14 bits per heavy atom. The molecule has 2 aliphatic carbocycles. The highest BCUT2D eigenvalue weighted by Gasteiger charge is 2.48. The zero-order valence-electron chi connectivity index (χ0n) is 20.8. The van der Waals surface area contributed by atoms with Crippen LogP contribution in [0.1, 0.15) is 73.0 Å². The highest BCUT2D eigenvalue weighted by Crippen LogP contribution is 2.50. The lowest BCUT2D eigenvalue weighted by Gasteiger charge is -2.27. The van der Waals surface area contributed by atoms with E-state index in [0.29, 0.717) is 29.8 Å². The van der Waals surface area contributed by atoms with Crippen molar-refractivity contribution in [1.29, 1.82) is 0 Å². The van der Waals surface area contributed by atoms with Crippen LogP contribution in [-0.2, 0) is 11.3 Å². The second-order valence-corrected chi connectivity index (χ2v) is 10.3. The van der Waals surface area contributed by atoms with Gasteiger partial charge in [-0.15, -0.1) is 0 Å². The van der Waals surface area contributed by atoms with Crippen LogP contribution in [0.5, 0.6) is 0 Å². The molecule has 3 N–H and O–H groups in total. The number of carbonyl (C=O) groups is 2. The van der Waals surface area contributed by atoms with E-state index in [1.807, 2.05) is 33.9 Å². The molecule has 0 saturated heterocycles. The van der Waals surface area contributed by atoms with Crippen molar-refractivity contribution >= 4 is 17.5 Å². The summed E-state index contributed by atoms with van der Waals surface area (Å²) in [5, 5.41) is 22.0. The van der Waals surface area contributed by atoms with Crippen LogP contribution in [0.3, 0.4) is 0 Å². The van der Waals surface area contributed by atoms with Crippen LogP contribution in [0, 0.1) is 31.6 Å². The Bertz CT molecular complexity index is 1180. The maximum atomic E-state index is 13.6. The number of H-pyrrole nitrogens is 1. The molecule has 0 spiro atoms. The molecule has 0 aliphatic heterocycles. The second kappa shape index (κ2) is 9.31. The summed E-state index contributed by atoms with van der Waals surface area (Å²) in [6.45, 7) is 8.47. The summed E-state index contributed by atoms with van der Waals surface area (Å²) in [5.74, 6) is 0.685. The number of aromatic amines is 1. The zero-order chi connectivity index (χ0) is 24.7. The van der Waals surface area contributed by atoms with Gasteiger partial charge in [0.2, 0.25) is 5.91 Å². The SMILES string of the molecule is Cc1n[nH]c(C)c1Cn1cc(NC(=O)C(NC(=O)c2ccnn2C(C)C)C(C2CC2)C2CC2)cn1. The monoisotopic (exact) mass is 478 g/mol. The van der Waals surface area contributed by atoms with Gasteiger partial charge in [0.05, 0.1) is 24.1 Å². The summed E-state index contributed by atoms with van der Waals surface area (Å²) in [4.78, 5) is 26.8. The molecule has 2 amide bonds. The molecule has 0 radical (unpaired) electrons. The number of aryl methyl sites for hydroxylation is 2. The van der Waals surface area contributed by atoms with Crippen LogP contribution in [0.15, 0.2) is 24.7 Å².